The number of halogens is 1. The SMILES string of the molecule is CN=C(NCc1ccnc(OCC2CC2)c1)NCc1nc(C)c(C)s1.I. The van der Waals surface area contributed by atoms with E-state index in [1.54, 1.807) is 24.6 Å². The molecule has 2 heterocycles. The number of hydrogen-bond acceptors (Lipinski definition) is 5. The van der Waals surface area contributed by atoms with Crippen molar-refractivity contribution in [1.82, 2.24) is 20.6 Å². The summed E-state index contributed by atoms with van der Waals surface area (Å²) in [5, 5.41) is 7.68. The van der Waals surface area contributed by atoms with Gasteiger partial charge in [-0.1, -0.05) is 0 Å². The summed E-state index contributed by atoms with van der Waals surface area (Å²) in [6.45, 7) is 6.24. The minimum Gasteiger partial charge on any atom is -0.477 e. The molecule has 26 heavy (non-hydrogen) atoms. The molecule has 1 saturated carbocycles. The van der Waals surface area contributed by atoms with E-state index in [0.29, 0.717) is 19.0 Å². The van der Waals surface area contributed by atoms with Crippen molar-refractivity contribution >= 4 is 41.3 Å². The largest absolute Gasteiger partial charge is 0.477 e. The van der Waals surface area contributed by atoms with Crippen LogP contribution in [0.15, 0.2) is 23.3 Å². The Kier molecular flexibility index (Phi) is 8.08. The monoisotopic (exact) mass is 487 g/mol. The van der Waals surface area contributed by atoms with Gasteiger partial charge in [-0.25, -0.2) is 9.97 Å². The molecule has 0 unspecified atom stereocenters. The second kappa shape index (κ2) is 10.1. The number of pyridine rings is 1. The molecule has 0 atom stereocenters. The van der Waals surface area contributed by atoms with E-state index in [-0.39, 0.29) is 24.0 Å². The molecule has 0 radical (unpaired) electrons. The lowest BCUT2D eigenvalue weighted by Gasteiger charge is -2.11. The Labute approximate surface area is 175 Å². The standard InChI is InChI=1S/C18H25N5OS.HI/c1-12-13(2)25-17(23-12)10-22-18(19-3)21-9-15-6-7-20-16(8-15)24-11-14-4-5-14;/h6-8,14H,4-5,9-11H2,1-3H3,(H2,19,21,22);1H. The van der Waals surface area contributed by atoms with Gasteiger partial charge in [0.05, 0.1) is 18.8 Å². The van der Waals surface area contributed by atoms with Crippen LogP contribution in [0.4, 0.5) is 0 Å². The lowest BCUT2D eigenvalue weighted by Crippen LogP contribution is -2.36. The number of ether oxygens (including phenoxy) is 1. The lowest BCUT2D eigenvalue weighted by molar-refractivity contribution is 0.288. The molecule has 0 saturated heterocycles. The molecule has 0 spiro atoms. The Hall–Kier alpha value is -1.42. The van der Waals surface area contributed by atoms with Gasteiger partial charge < -0.3 is 15.4 Å². The van der Waals surface area contributed by atoms with Gasteiger partial charge in [-0.2, -0.15) is 0 Å². The van der Waals surface area contributed by atoms with Crippen LogP contribution in [0, 0.1) is 19.8 Å². The van der Waals surface area contributed by atoms with Crippen molar-refractivity contribution in [2.45, 2.75) is 39.8 Å². The van der Waals surface area contributed by atoms with Crippen molar-refractivity contribution in [2.75, 3.05) is 13.7 Å². The molecule has 6 nitrogen and oxygen atoms in total. The molecule has 1 aliphatic rings. The molecule has 8 heteroatoms. The van der Waals surface area contributed by atoms with E-state index in [0.717, 1.165) is 34.7 Å². The Morgan fingerprint density at radius 3 is 2.73 bits per heavy atom. The number of aliphatic imine (C=N–C) groups is 1. The molecule has 2 aromatic heterocycles. The van der Waals surface area contributed by atoms with E-state index < -0.39 is 0 Å². The van der Waals surface area contributed by atoms with Crippen molar-refractivity contribution in [3.8, 4) is 5.88 Å². The first-order valence-electron chi connectivity index (χ1n) is 8.59. The van der Waals surface area contributed by atoms with E-state index in [1.165, 1.54) is 17.7 Å². The van der Waals surface area contributed by atoms with Crippen molar-refractivity contribution in [1.29, 1.82) is 0 Å². The number of guanidine groups is 1. The number of aryl methyl sites for hydroxylation is 2. The summed E-state index contributed by atoms with van der Waals surface area (Å²) in [6.07, 6.45) is 4.35. The quantitative estimate of drug-likeness (QED) is 0.356. The van der Waals surface area contributed by atoms with E-state index in [9.17, 15) is 0 Å². The highest BCUT2D eigenvalue weighted by Gasteiger charge is 2.22. The third kappa shape index (κ3) is 6.39. The molecule has 0 bridgehead atoms. The van der Waals surface area contributed by atoms with Crippen LogP contribution in [-0.2, 0) is 13.1 Å². The van der Waals surface area contributed by atoms with Crippen LogP contribution in [0.5, 0.6) is 5.88 Å². The van der Waals surface area contributed by atoms with Crippen LogP contribution in [0.1, 0.15) is 34.0 Å². The fraction of sp³-hybridized carbons (Fsp3) is 0.500. The zero-order chi connectivity index (χ0) is 17.6. The van der Waals surface area contributed by atoms with Crippen LogP contribution in [-0.4, -0.2) is 29.6 Å². The highest BCUT2D eigenvalue weighted by Crippen LogP contribution is 2.29. The van der Waals surface area contributed by atoms with Gasteiger partial charge in [-0.05, 0) is 44.2 Å². The Balaban J connectivity index is 0.00000243. The number of rotatable bonds is 7. The molecular weight excluding hydrogens is 461 g/mol. The maximum absolute atomic E-state index is 5.73. The molecule has 0 aliphatic heterocycles. The zero-order valence-corrected chi connectivity index (χ0v) is 18.6. The van der Waals surface area contributed by atoms with Crippen LogP contribution < -0.4 is 15.4 Å². The van der Waals surface area contributed by atoms with Gasteiger partial charge in [0.25, 0.3) is 0 Å². The fourth-order valence-electron chi connectivity index (χ4n) is 2.31. The highest BCUT2D eigenvalue weighted by molar-refractivity contribution is 14.0. The number of nitrogens with zero attached hydrogens (tertiary/aromatic N) is 3. The van der Waals surface area contributed by atoms with Gasteiger partial charge in [-0.15, -0.1) is 35.3 Å². The van der Waals surface area contributed by atoms with Gasteiger partial charge in [0.2, 0.25) is 5.88 Å². The summed E-state index contributed by atoms with van der Waals surface area (Å²) >= 11 is 1.71. The predicted octanol–water partition coefficient (Wildman–Crippen LogP) is 3.43. The van der Waals surface area contributed by atoms with E-state index >= 15 is 0 Å². The van der Waals surface area contributed by atoms with E-state index in [1.807, 2.05) is 19.1 Å². The maximum Gasteiger partial charge on any atom is 0.213 e. The molecule has 1 aliphatic carbocycles. The number of nitrogens with one attached hydrogen (secondary N) is 2. The summed E-state index contributed by atoms with van der Waals surface area (Å²) in [4.78, 5) is 14.3. The summed E-state index contributed by atoms with van der Waals surface area (Å²) in [5.41, 5.74) is 2.21. The molecule has 1 fully saturated rings. The topological polar surface area (TPSA) is 71.4 Å². The molecule has 0 aromatic carbocycles. The second-order valence-corrected chi connectivity index (χ2v) is 7.57. The molecule has 0 amide bonds. The molecular formula is C18H26IN5OS. The van der Waals surface area contributed by atoms with E-state index in [4.69, 9.17) is 4.74 Å². The summed E-state index contributed by atoms with van der Waals surface area (Å²) < 4.78 is 5.73. The van der Waals surface area contributed by atoms with E-state index in [2.05, 4.69) is 32.5 Å². The third-order valence-corrected chi connectivity index (χ3v) is 5.20. The van der Waals surface area contributed by atoms with Gasteiger partial charge in [-0.3, -0.25) is 4.99 Å². The first kappa shape index (κ1) is 20.9. The van der Waals surface area contributed by atoms with Crippen LogP contribution in [0.2, 0.25) is 0 Å². The Morgan fingerprint density at radius 2 is 2.08 bits per heavy atom. The average molecular weight is 487 g/mol. The minimum atomic E-state index is 0. The van der Waals surface area contributed by atoms with Gasteiger partial charge in [0, 0.05) is 30.7 Å². The minimum absolute atomic E-state index is 0. The van der Waals surface area contributed by atoms with Crippen molar-refractivity contribution < 1.29 is 4.74 Å². The van der Waals surface area contributed by atoms with Crippen LogP contribution >= 0.6 is 35.3 Å². The molecule has 142 valence electrons. The number of aromatic nitrogens is 2. The first-order chi connectivity index (χ1) is 12.1. The van der Waals surface area contributed by atoms with Gasteiger partial charge >= 0.3 is 0 Å². The summed E-state index contributed by atoms with van der Waals surface area (Å²) in [5.74, 6) is 2.18. The third-order valence-electron chi connectivity index (χ3n) is 4.13. The van der Waals surface area contributed by atoms with Crippen molar-refractivity contribution in [3.63, 3.8) is 0 Å². The van der Waals surface area contributed by atoms with Crippen LogP contribution in [0.3, 0.4) is 0 Å². The molecule has 3 rings (SSSR count). The second-order valence-electron chi connectivity index (χ2n) is 6.29. The van der Waals surface area contributed by atoms with Crippen LogP contribution in [0.25, 0.3) is 0 Å². The number of hydrogen-bond donors (Lipinski definition) is 2. The zero-order valence-electron chi connectivity index (χ0n) is 15.4. The fourth-order valence-corrected chi connectivity index (χ4v) is 3.18. The van der Waals surface area contributed by atoms with Gasteiger partial charge in [0.1, 0.15) is 5.01 Å². The lowest BCUT2D eigenvalue weighted by atomic mass is 10.2. The number of thiazole rings is 1. The highest BCUT2D eigenvalue weighted by atomic mass is 127. The van der Waals surface area contributed by atoms with Gasteiger partial charge in [0.15, 0.2) is 5.96 Å². The normalized spacial score (nSPS) is 13.9. The average Bonchev–Trinajstić information content (AvgIpc) is 3.39. The Bertz CT molecular complexity index is 725. The summed E-state index contributed by atoms with van der Waals surface area (Å²) in [6, 6.07) is 3.97. The molecule has 2 N–H and O–H groups in total. The van der Waals surface area contributed by atoms with Crippen molar-refractivity contribution in [2.24, 2.45) is 10.9 Å². The molecule has 2 aromatic rings. The first-order valence-corrected chi connectivity index (χ1v) is 9.41. The smallest absolute Gasteiger partial charge is 0.213 e. The van der Waals surface area contributed by atoms with Crippen molar-refractivity contribution in [3.05, 3.63) is 39.5 Å². The predicted molar refractivity (Wildman–Crippen MR) is 116 cm³/mol. The summed E-state index contributed by atoms with van der Waals surface area (Å²) in [7, 11) is 1.77. The Morgan fingerprint density at radius 1 is 1.31 bits per heavy atom. The maximum atomic E-state index is 5.73.